The van der Waals surface area contributed by atoms with Crippen LogP contribution in [-0.4, -0.2) is 15.3 Å². The molecule has 0 aromatic heterocycles. The highest BCUT2D eigenvalue weighted by Gasteiger charge is 2.23. The molecule has 3 N–H and O–H groups in total. The standard InChI is InChI=1S/C30H31NO4/c1-17-11-20(4)28(25(32)14-17)31(29-21(5)12-18(2)15-26(29)33)23-7-9-24(10-8-23)35-30-22(6)13-19(3)16-27(30)34/h7-16,32-34H,1-6H3. The summed E-state index contributed by atoms with van der Waals surface area (Å²) in [6, 6.07) is 18.4. The van der Waals surface area contributed by atoms with Crippen molar-refractivity contribution in [3.05, 3.63) is 94.0 Å². The Hall–Kier alpha value is -4.12. The van der Waals surface area contributed by atoms with Crippen molar-refractivity contribution in [1.82, 2.24) is 0 Å². The number of hydrogen-bond acceptors (Lipinski definition) is 5. The minimum atomic E-state index is 0.0913. The quantitative estimate of drug-likeness (QED) is 0.277. The van der Waals surface area contributed by atoms with Crippen molar-refractivity contribution < 1.29 is 20.1 Å². The average molecular weight is 470 g/mol. The first kappa shape index (κ1) is 24.0. The van der Waals surface area contributed by atoms with Gasteiger partial charge in [-0.1, -0.05) is 18.2 Å². The van der Waals surface area contributed by atoms with Crippen LogP contribution in [0.1, 0.15) is 33.4 Å². The smallest absolute Gasteiger partial charge is 0.171 e. The average Bonchev–Trinajstić information content (AvgIpc) is 2.74. The second-order valence-corrected chi connectivity index (χ2v) is 9.26. The van der Waals surface area contributed by atoms with Crippen LogP contribution in [0.3, 0.4) is 0 Å². The van der Waals surface area contributed by atoms with Crippen LogP contribution in [0.2, 0.25) is 0 Å². The van der Waals surface area contributed by atoms with Crippen molar-refractivity contribution in [2.75, 3.05) is 4.90 Å². The van der Waals surface area contributed by atoms with Gasteiger partial charge >= 0.3 is 0 Å². The van der Waals surface area contributed by atoms with E-state index < -0.39 is 0 Å². The third-order valence-electron chi connectivity index (χ3n) is 6.01. The monoisotopic (exact) mass is 469 g/mol. The summed E-state index contributed by atoms with van der Waals surface area (Å²) >= 11 is 0. The van der Waals surface area contributed by atoms with Crippen molar-refractivity contribution in [2.45, 2.75) is 41.5 Å². The lowest BCUT2D eigenvalue weighted by Gasteiger charge is -2.30. The molecule has 0 fully saturated rings. The third kappa shape index (κ3) is 4.76. The summed E-state index contributed by atoms with van der Waals surface area (Å²) in [5, 5.41) is 32.3. The molecule has 0 aliphatic rings. The number of rotatable bonds is 5. The van der Waals surface area contributed by atoms with Crippen molar-refractivity contribution in [2.24, 2.45) is 0 Å². The van der Waals surface area contributed by atoms with E-state index in [2.05, 4.69) is 0 Å². The molecule has 0 spiro atoms. The first-order valence-corrected chi connectivity index (χ1v) is 11.5. The van der Waals surface area contributed by atoms with Gasteiger partial charge in [0.2, 0.25) is 0 Å². The second-order valence-electron chi connectivity index (χ2n) is 9.26. The molecule has 35 heavy (non-hydrogen) atoms. The molecule has 0 saturated heterocycles. The van der Waals surface area contributed by atoms with E-state index in [-0.39, 0.29) is 17.2 Å². The molecule has 0 amide bonds. The van der Waals surface area contributed by atoms with Crippen molar-refractivity contribution >= 4 is 17.1 Å². The molecule has 0 bridgehead atoms. The molecule has 0 saturated carbocycles. The van der Waals surface area contributed by atoms with E-state index in [1.807, 2.05) is 88.9 Å². The number of phenolic OH excluding ortho intramolecular Hbond substituents is 3. The van der Waals surface area contributed by atoms with Gasteiger partial charge in [0.05, 0.1) is 11.4 Å². The third-order valence-corrected chi connectivity index (χ3v) is 6.01. The molecule has 5 heteroatoms. The maximum atomic E-state index is 11.0. The van der Waals surface area contributed by atoms with Crippen molar-refractivity contribution in [3.8, 4) is 28.7 Å². The zero-order valence-corrected chi connectivity index (χ0v) is 21.0. The summed E-state index contributed by atoms with van der Waals surface area (Å²) in [6.45, 7) is 11.6. The summed E-state index contributed by atoms with van der Waals surface area (Å²) < 4.78 is 6.00. The Kier molecular flexibility index (Phi) is 6.35. The number of ether oxygens (including phenoxy) is 1. The lowest BCUT2D eigenvalue weighted by molar-refractivity contribution is 0.408. The summed E-state index contributed by atoms with van der Waals surface area (Å²) in [5.74, 6) is 1.32. The van der Waals surface area contributed by atoms with E-state index >= 15 is 0 Å². The number of aryl methyl sites for hydroxylation is 6. The highest BCUT2D eigenvalue weighted by atomic mass is 16.5. The lowest BCUT2D eigenvalue weighted by Crippen LogP contribution is -2.13. The number of phenols is 3. The van der Waals surface area contributed by atoms with Gasteiger partial charge in [0.25, 0.3) is 0 Å². The van der Waals surface area contributed by atoms with E-state index in [1.54, 1.807) is 18.2 Å². The molecule has 0 radical (unpaired) electrons. The topological polar surface area (TPSA) is 73.2 Å². The van der Waals surface area contributed by atoms with Crippen LogP contribution in [0.25, 0.3) is 0 Å². The normalized spacial score (nSPS) is 10.9. The predicted octanol–water partition coefficient (Wildman–Crippen LogP) is 7.92. The summed E-state index contributed by atoms with van der Waals surface area (Å²) in [6.07, 6.45) is 0. The van der Waals surface area contributed by atoms with E-state index in [1.165, 1.54) is 0 Å². The fourth-order valence-corrected chi connectivity index (χ4v) is 4.67. The van der Waals surface area contributed by atoms with E-state index in [0.717, 1.165) is 39.1 Å². The van der Waals surface area contributed by atoms with Gasteiger partial charge < -0.3 is 25.0 Å². The number of hydrogen-bond donors (Lipinski definition) is 3. The minimum Gasteiger partial charge on any atom is -0.506 e. The van der Waals surface area contributed by atoms with Crippen LogP contribution >= 0.6 is 0 Å². The van der Waals surface area contributed by atoms with Gasteiger partial charge in [-0.25, -0.2) is 0 Å². The molecular weight excluding hydrogens is 438 g/mol. The van der Waals surface area contributed by atoms with Crippen LogP contribution in [0.15, 0.2) is 60.7 Å². The van der Waals surface area contributed by atoms with Gasteiger partial charge in [0.15, 0.2) is 11.5 Å². The predicted molar refractivity (Wildman–Crippen MR) is 141 cm³/mol. The van der Waals surface area contributed by atoms with Gasteiger partial charge in [-0.3, -0.25) is 0 Å². The Morgan fingerprint density at radius 1 is 0.543 bits per heavy atom. The molecule has 0 atom stereocenters. The van der Waals surface area contributed by atoms with Gasteiger partial charge in [-0.15, -0.1) is 0 Å². The molecule has 0 unspecified atom stereocenters. The fraction of sp³-hybridized carbons (Fsp3) is 0.200. The Labute approximate surface area is 206 Å². The first-order valence-electron chi connectivity index (χ1n) is 11.5. The van der Waals surface area contributed by atoms with Crippen molar-refractivity contribution in [3.63, 3.8) is 0 Å². The zero-order valence-electron chi connectivity index (χ0n) is 21.0. The molecular formula is C30H31NO4. The molecule has 4 rings (SSSR count). The maximum Gasteiger partial charge on any atom is 0.171 e. The molecule has 0 heterocycles. The summed E-state index contributed by atoms with van der Waals surface area (Å²) in [7, 11) is 0. The van der Waals surface area contributed by atoms with Gasteiger partial charge in [0.1, 0.15) is 17.2 Å². The van der Waals surface area contributed by atoms with Crippen LogP contribution < -0.4 is 9.64 Å². The van der Waals surface area contributed by atoms with Gasteiger partial charge in [-0.05, 0) is 117 Å². The van der Waals surface area contributed by atoms with E-state index in [0.29, 0.717) is 22.9 Å². The fourth-order valence-electron chi connectivity index (χ4n) is 4.67. The molecule has 0 aliphatic heterocycles. The van der Waals surface area contributed by atoms with Gasteiger partial charge in [0, 0.05) is 5.69 Å². The Morgan fingerprint density at radius 3 is 1.40 bits per heavy atom. The van der Waals surface area contributed by atoms with E-state index in [9.17, 15) is 15.3 Å². The largest absolute Gasteiger partial charge is 0.506 e. The minimum absolute atomic E-state index is 0.0913. The molecule has 4 aromatic rings. The maximum absolute atomic E-state index is 11.0. The zero-order chi connectivity index (χ0) is 25.4. The summed E-state index contributed by atoms with van der Waals surface area (Å²) in [5.41, 5.74) is 7.39. The summed E-state index contributed by atoms with van der Waals surface area (Å²) in [4.78, 5) is 1.87. The highest BCUT2D eigenvalue weighted by Crippen LogP contribution is 2.47. The van der Waals surface area contributed by atoms with Crippen LogP contribution in [0.4, 0.5) is 17.1 Å². The van der Waals surface area contributed by atoms with Crippen LogP contribution in [-0.2, 0) is 0 Å². The van der Waals surface area contributed by atoms with E-state index in [4.69, 9.17) is 4.74 Å². The number of benzene rings is 4. The Bertz CT molecular complexity index is 1280. The molecule has 5 nitrogen and oxygen atoms in total. The SMILES string of the molecule is Cc1cc(C)c(Oc2ccc(N(c3c(C)cc(C)cc3O)c3c(C)cc(C)cc3O)cc2)c(O)c1. The number of anilines is 3. The molecule has 0 aliphatic carbocycles. The lowest BCUT2D eigenvalue weighted by atomic mass is 10.0. The first-order chi connectivity index (χ1) is 16.5. The Morgan fingerprint density at radius 2 is 0.971 bits per heavy atom. The second kappa shape index (κ2) is 9.26. The Balaban J connectivity index is 1.83. The van der Waals surface area contributed by atoms with Crippen molar-refractivity contribution in [1.29, 1.82) is 0 Å². The van der Waals surface area contributed by atoms with Gasteiger partial charge in [-0.2, -0.15) is 0 Å². The number of aromatic hydroxyl groups is 3. The number of nitrogens with zero attached hydrogens (tertiary/aromatic N) is 1. The molecule has 180 valence electrons. The molecule has 4 aromatic carbocycles. The van der Waals surface area contributed by atoms with Crippen LogP contribution in [0, 0.1) is 41.5 Å². The highest BCUT2D eigenvalue weighted by molar-refractivity contribution is 5.86. The van der Waals surface area contributed by atoms with Crippen LogP contribution in [0.5, 0.6) is 28.7 Å².